The number of nitro benzene ring substituents is 1. The van der Waals surface area contributed by atoms with Crippen LogP contribution in [0.2, 0.25) is 0 Å². The molecule has 2 amide bonds. The number of hydrogen-bond acceptors (Lipinski definition) is 6. The topological polar surface area (TPSA) is 114 Å². The van der Waals surface area contributed by atoms with E-state index in [1.54, 1.807) is 12.1 Å². The Hall–Kier alpha value is -2.42. The number of carbonyl (C=O) groups is 1. The first-order valence-electron chi connectivity index (χ1n) is 7.39. The number of piperidine rings is 1. The first-order chi connectivity index (χ1) is 11.0. The Balaban J connectivity index is 1.87. The molecule has 0 aliphatic carbocycles. The molecule has 0 spiro atoms. The summed E-state index contributed by atoms with van der Waals surface area (Å²) in [6.07, 6.45) is 3.11. The van der Waals surface area contributed by atoms with Crippen molar-refractivity contribution < 1.29 is 9.72 Å². The summed E-state index contributed by atoms with van der Waals surface area (Å²) in [6, 6.07) is 4.31. The van der Waals surface area contributed by atoms with Gasteiger partial charge >= 0.3 is 6.03 Å². The van der Waals surface area contributed by atoms with Crippen LogP contribution in [0.3, 0.4) is 0 Å². The van der Waals surface area contributed by atoms with Gasteiger partial charge in [0.05, 0.1) is 15.1 Å². The Morgan fingerprint density at radius 3 is 3.09 bits per heavy atom. The van der Waals surface area contributed by atoms with Crippen LogP contribution in [0.15, 0.2) is 18.2 Å². The Morgan fingerprint density at radius 2 is 2.35 bits per heavy atom. The van der Waals surface area contributed by atoms with E-state index >= 15 is 0 Å². The molecule has 0 unspecified atom stereocenters. The second-order valence-electron chi connectivity index (χ2n) is 5.49. The van der Waals surface area contributed by atoms with Gasteiger partial charge in [0.1, 0.15) is 0 Å². The molecule has 0 saturated carbocycles. The largest absolute Gasteiger partial charge is 0.352 e. The van der Waals surface area contributed by atoms with Crippen molar-refractivity contribution in [3.8, 4) is 0 Å². The van der Waals surface area contributed by atoms with Crippen molar-refractivity contribution in [3.05, 3.63) is 28.3 Å². The summed E-state index contributed by atoms with van der Waals surface area (Å²) in [5.41, 5.74) is 5.98. The van der Waals surface area contributed by atoms with Gasteiger partial charge in [0.25, 0.3) is 5.69 Å². The van der Waals surface area contributed by atoms with Crippen LogP contribution in [0.1, 0.15) is 19.3 Å². The third kappa shape index (κ3) is 3.34. The number of nitro groups is 1. The van der Waals surface area contributed by atoms with Crippen molar-refractivity contribution in [1.29, 1.82) is 0 Å². The van der Waals surface area contributed by atoms with Gasteiger partial charge in [-0.05, 0) is 25.3 Å². The van der Waals surface area contributed by atoms with Gasteiger partial charge in [0.2, 0.25) is 0 Å². The molecule has 9 heteroatoms. The van der Waals surface area contributed by atoms with Crippen LogP contribution in [0, 0.1) is 10.1 Å². The number of carbonyl (C=O) groups excluding carboxylic acids is 1. The molecule has 2 heterocycles. The molecule has 2 aromatic rings. The van der Waals surface area contributed by atoms with E-state index in [1.807, 2.05) is 0 Å². The van der Waals surface area contributed by atoms with E-state index in [2.05, 4.69) is 15.2 Å². The van der Waals surface area contributed by atoms with E-state index in [0.717, 1.165) is 41.2 Å². The number of urea groups is 1. The minimum Gasteiger partial charge on any atom is -0.352 e. The average Bonchev–Trinajstić information content (AvgIpc) is 2.95. The highest BCUT2D eigenvalue weighted by Gasteiger charge is 2.25. The van der Waals surface area contributed by atoms with E-state index in [9.17, 15) is 14.9 Å². The van der Waals surface area contributed by atoms with Crippen LogP contribution in [-0.2, 0) is 0 Å². The van der Waals surface area contributed by atoms with E-state index in [-0.39, 0.29) is 11.7 Å². The molecule has 3 rings (SSSR count). The van der Waals surface area contributed by atoms with Crippen LogP contribution in [0.4, 0.5) is 15.6 Å². The van der Waals surface area contributed by atoms with Crippen molar-refractivity contribution in [1.82, 2.24) is 10.3 Å². The van der Waals surface area contributed by atoms with Crippen molar-refractivity contribution in [2.24, 2.45) is 5.73 Å². The zero-order chi connectivity index (χ0) is 16.4. The van der Waals surface area contributed by atoms with Gasteiger partial charge in [-0.1, -0.05) is 11.3 Å². The molecule has 1 aliphatic heterocycles. The average molecular weight is 335 g/mol. The highest BCUT2D eigenvalue weighted by molar-refractivity contribution is 7.22. The maximum absolute atomic E-state index is 10.9. The monoisotopic (exact) mass is 335 g/mol. The minimum absolute atomic E-state index is 0.0679. The Kier molecular flexibility index (Phi) is 4.28. The maximum Gasteiger partial charge on any atom is 0.312 e. The van der Waals surface area contributed by atoms with Crippen molar-refractivity contribution >= 4 is 38.4 Å². The number of rotatable bonds is 4. The summed E-state index contributed by atoms with van der Waals surface area (Å²) in [6.45, 7) is 1.33. The highest BCUT2D eigenvalue weighted by Crippen LogP contribution is 2.34. The molecule has 1 fully saturated rings. The summed E-state index contributed by atoms with van der Waals surface area (Å²) in [7, 11) is 0. The fraction of sp³-hybridized carbons (Fsp3) is 0.429. The third-order valence-electron chi connectivity index (χ3n) is 3.96. The summed E-state index contributed by atoms with van der Waals surface area (Å²) in [5.74, 6) is 0. The normalized spacial score (nSPS) is 18.1. The number of nitrogens with zero attached hydrogens (tertiary/aromatic N) is 3. The fourth-order valence-electron chi connectivity index (χ4n) is 2.82. The molecule has 0 radical (unpaired) electrons. The van der Waals surface area contributed by atoms with Gasteiger partial charge in [0.15, 0.2) is 5.13 Å². The van der Waals surface area contributed by atoms with Crippen molar-refractivity contribution in [2.45, 2.75) is 25.3 Å². The number of hydrogen-bond donors (Lipinski definition) is 2. The zero-order valence-electron chi connectivity index (χ0n) is 12.4. The molecule has 3 N–H and O–H groups in total. The predicted octanol–water partition coefficient (Wildman–Crippen LogP) is 2.23. The lowest BCUT2D eigenvalue weighted by molar-refractivity contribution is -0.384. The maximum atomic E-state index is 10.9. The smallest absolute Gasteiger partial charge is 0.312 e. The second-order valence-corrected chi connectivity index (χ2v) is 6.50. The van der Waals surface area contributed by atoms with Gasteiger partial charge < -0.3 is 16.0 Å². The van der Waals surface area contributed by atoms with E-state index in [0.29, 0.717) is 6.54 Å². The molecule has 8 nitrogen and oxygen atoms in total. The van der Waals surface area contributed by atoms with Crippen LogP contribution in [-0.4, -0.2) is 35.1 Å². The SMILES string of the molecule is NC(=O)NC[C@@H]1CCCCN1c1nc2ccc([N+](=O)[O-])cc2s1. The number of fused-ring (bicyclic) bond motifs is 1. The van der Waals surface area contributed by atoms with Crippen molar-refractivity contribution in [2.75, 3.05) is 18.0 Å². The number of anilines is 1. The number of nitrogens with one attached hydrogen (secondary N) is 1. The predicted molar refractivity (Wildman–Crippen MR) is 88.8 cm³/mol. The number of thiazole rings is 1. The van der Waals surface area contributed by atoms with Crippen LogP contribution in [0.5, 0.6) is 0 Å². The Bertz CT molecular complexity index is 747. The summed E-state index contributed by atoms with van der Waals surface area (Å²) < 4.78 is 0.793. The number of aromatic nitrogens is 1. The summed E-state index contributed by atoms with van der Waals surface area (Å²) >= 11 is 1.44. The van der Waals surface area contributed by atoms with Crippen LogP contribution in [0.25, 0.3) is 10.2 Å². The van der Waals surface area contributed by atoms with Crippen LogP contribution < -0.4 is 16.0 Å². The third-order valence-corrected chi connectivity index (χ3v) is 5.01. The molecule has 1 aliphatic rings. The molecule has 1 saturated heterocycles. The molecule has 1 atom stereocenters. The molecule has 1 aromatic heterocycles. The zero-order valence-corrected chi connectivity index (χ0v) is 13.2. The van der Waals surface area contributed by atoms with Gasteiger partial charge in [0, 0.05) is 31.3 Å². The van der Waals surface area contributed by atoms with Crippen LogP contribution >= 0.6 is 11.3 Å². The van der Waals surface area contributed by atoms with Gasteiger partial charge in [-0.15, -0.1) is 0 Å². The highest BCUT2D eigenvalue weighted by atomic mass is 32.1. The molecular formula is C14H17N5O3S. The number of nitrogens with two attached hydrogens (primary N) is 1. The number of non-ortho nitro benzene ring substituents is 1. The number of benzene rings is 1. The van der Waals surface area contributed by atoms with Crippen molar-refractivity contribution in [3.63, 3.8) is 0 Å². The number of amides is 2. The fourth-order valence-corrected chi connectivity index (χ4v) is 3.92. The number of primary amides is 1. The van der Waals surface area contributed by atoms with E-state index in [4.69, 9.17) is 5.73 Å². The lowest BCUT2D eigenvalue weighted by Gasteiger charge is -2.35. The molecule has 1 aromatic carbocycles. The molecule has 23 heavy (non-hydrogen) atoms. The second kappa shape index (κ2) is 6.37. The van der Waals surface area contributed by atoms with E-state index < -0.39 is 11.0 Å². The Morgan fingerprint density at radius 1 is 1.52 bits per heavy atom. The summed E-state index contributed by atoms with van der Waals surface area (Å²) in [5, 5.41) is 14.4. The quantitative estimate of drug-likeness (QED) is 0.657. The first kappa shape index (κ1) is 15.5. The van der Waals surface area contributed by atoms with Gasteiger partial charge in [-0.2, -0.15) is 0 Å². The van der Waals surface area contributed by atoms with Gasteiger partial charge in [-0.3, -0.25) is 10.1 Å². The Labute approximate surface area is 136 Å². The van der Waals surface area contributed by atoms with E-state index in [1.165, 1.54) is 17.4 Å². The standard InChI is InChI=1S/C14H17N5O3S/c15-13(20)16-8-10-3-1-2-6-18(10)14-17-11-5-4-9(19(21)22)7-12(11)23-14/h4-5,7,10H,1-3,6,8H2,(H3,15,16,20)/t10-/m0/s1. The molecule has 0 bridgehead atoms. The summed E-state index contributed by atoms with van der Waals surface area (Å²) in [4.78, 5) is 28.2. The lowest BCUT2D eigenvalue weighted by Crippen LogP contribution is -2.47. The van der Waals surface area contributed by atoms with Gasteiger partial charge in [-0.25, -0.2) is 9.78 Å². The molecular weight excluding hydrogens is 318 g/mol. The molecule has 122 valence electrons. The first-order valence-corrected chi connectivity index (χ1v) is 8.21. The lowest BCUT2D eigenvalue weighted by atomic mass is 10.0. The minimum atomic E-state index is -0.532.